The van der Waals surface area contributed by atoms with Crippen molar-refractivity contribution in [2.24, 2.45) is 5.92 Å². The van der Waals surface area contributed by atoms with E-state index in [9.17, 15) is 0 Å². The summed E-state index contributed by atoms with van der Waals surface area (Å²) < 4.78 is 13.0. The van der Waals surface area contributed by atoms with Gasteiger partial charge in [-0.1, -0.05) is 25.9 Å². The zero-order valence-corrected chi connectivity index (χ0v) is 16.3. The fourth-order valence-electron chi connectivity index (χ4n) is 3.29. The molecule has 0 saturated carbocycles. The number of hydrogen-bond donors (Lipinski definition) is 0. The van der Waals surface area contributed by atoms with Crippen LogP contribution in [0.4, 0.5) is 0 Å². The van der Waals surface area contributed by atoms with Crippen molar-refractivity contribution in [2.75, 3.05) is 19.7 Å². The maximum Gasteiger partial charge on any atom is 0.240 e. The standard InChI is InChI=1S/C19H26N6O2/c1-13-20-18(27-23-13)11-24-8-7-14(9-24)12-26-17-6-5-16-21-15(19(2,3)4)10-25(16)22-17/h5-6,10,14H,7-9,11-12H2,1-4H3. The summed E-state index contributed by atoms with van der Waals surface area (Å²) in [6.45, 7) is 11.6. The van der Waals surface area contributed by atoms with Gasteiger partial charge in [0.05, 0.1) is 25.0 Å². The minimum Gasteiger partial charge on any atom is -0.476 e. The van der Waals surface area contributed by atoms with E-state index in [1.807, 2.05) is 25.3 Å². The largest absolute Gasteiger partial charge is 0.476 e. The lowest BCUT2D eigenvalue weighted by molar-refractivity contribution is 0.219. The molecule has 3 aromatic heterocycles. The molecule has 0 N–H and O–H groups in total. The van der Waals surface area contributed by atoms with Gasteiger partial charge in [0, 0.05) is 23.9 Å². The van der Waals surface area contributed by atoms with Crippen LogP contribution in [0.15, 0.2) is 22.9 Å². The highest BCUT2D eigenvalue weighted by Crippen LogP contribution is 2.23. The fourth-order valence-corrected chi connectivity index (χ4v) is 3.29. The molecule has 0 amide bonds. The van der Waals surface area contributed by atoms with Gasteiger partial charge in [0.2, 0.25) is 11.8 Å². The van der Waals surface area contributed by atoms with Crippen molar-refractivity contribution in [3.05, 3.63) is 35.7 Å². The molecule has 0 spiro atoms. The Morgan fingerprint density at radius 3 is 2.85 bits per heavy atom. The van der Waals surface area contributed by atoms with E-state index in [-0.39, 0.29) is 5.41 Å². The highest BCUT2D eigenvalue weighted by atomic mass is 16.5. The predicted octanol–water partition coefficient (Wildman–Crippen LogP) is 2.62. The van der Waals surface area contributed by atoms with Crippen LogP contribution in [-0.4, -0.2) is 49.3 Å². The molecular formula is C19H26N6O2. The summed E-state index contributed by atoms with van der Waals surface area (Å²) in [5.41, 5.74) is 1.86. The fraction of sp³-hybridized carbons (Fsp3) is 0.579. The molecule has 0 aromatic carbocycles. The van der Waals surface area contributed by atoms with Crippen molar-refractivity contribution >= 4 is 5.65 Å². The van der Waals surface area contributed by atoms with E-state index in [2.05, 4.69) is 45.9 Å². The first-order chi connectivity index (χ1) is 12.9. The molecule has 1 saturated heterocycles. The van der Waals surface area contributed by atoms with Crippen LogP contribution < -0.4 is 4.74 Å². The Morgan fingerprint density at radius 2 is 2.11 bits per heavy atom. The first-order valence-corrected chi connectivity index (χ1v) is 9.38. The van der Waals surface area contributed by atoms with Crippen molar-refractivity contribution in [1.82, 2.24) is 29.6 Å². The molecule has 0 aliphatic carbocycles. The van der Waals surface area contributed by atoms with E-state index in [1.54, 1.807) is 4.52 Å². The monoisotopic (exact) mass is 370 g/mol. The van der Waals surface area contributed by atoms with Crippen LogP contribution >= 0.6 is 0 Å². The zero-order chi connectivity index (χ0) is 19.0. The number of aryl methyl sites for hydroxylation is 1. The number of ether oxygens (including phenoxy) is 1. The number of rotatable bonds is 5. The molecule has 4 rings (SSSR count). The van der Waals surface area contributed by atoms with Crippen molar-refractivity contribution in [1.29, 1.82) is 0 Å². The second-order valence-corrected chi connectivity index (χ2v) is 8.29. The third kappa shape index (κ3) is 4.10. The van der Waals surface area contributed by atoms with Crippen LogP contribution in [0.1, 0.15) is 44.6 Å². The van der Waals surface area contributed by atoms with E-state index in [4.69, 9.17) is 9.26 Å². The number of hydrogen-bond acceptors (Lipinski definition) is 7. The SMILES string of the molecule is Cc1noc(CN2CCC(COc3ccc4nc(C(C)(C)C)cn4n3)C2)n1. The summed E-state index contributed by atoms with van der Waals surface area (Å²) in [6, 6.07) is 3.85. The average molecular weight is 370 g/mol. The van der Waals surface area contributed by atoms with Gasteiger partial charge >= 0.3 is 0 Å². The van der Waals surface area contributed by atoms with Crippen LogP contribution in [0.2, 0.25) is 0 Å². The van der Waals surface area contributed by atoms with E-state index in [1.165, 1.54) is 0 Å². The molecular weight excluding hydrogens is 344 g/mol. The van der Waals surface area contributed by atoms with Crippen LogP contribution in [0.25, 0.3) is 5.65 Å². The Hall–Kier alpha value is -2.48. The van der Waals surface area contributed by atoms with Gasteiger partial charge < -0.3 is 9.26 Å². The second kappa shape index (κ2) is 6.92. The van der Waals surface area contributed by atoms with Crippen molar-refractivity contribution in [3.8, 4) is 5.88 Å². The van der Waals surface area contributed by atoms with Crippen molar-refractivity contribution in [2.45, 2.75) is 46.1 Å². The summed E-state index contributed by atoms with van der Waals surface area (Å²) >= 11 is 0. The maximum absolute atomic E-state index is 5.96. The van der Waals surface area contributed by atoms with E-state index < -0.39 is 0 Å². The Labute approximate surface area is 158 Å². The second-order valence-electron chi connectivity index (χ2n) is 8.29. The van der Waals surface area contributed by atoms with E-state index in [0.717, 1.165) is 30.9 Å². The molecule has 3 aromatic rings. The Balaban J connectivity index is 1.33. The van der Waals surface area contributed by atoms with Gasteiger partial charge in [-0.15, -0.1) is 5.10 Å². The van der Waals surface area contributed by atoms with Crippen molar-refractivity contribution in [3.63, 3.8) is 0 Å². The maximum atomic E-state index is 5.96. The first-order valence-electron chi connectivity index (χ1n) is 9.38. The highest BCUT2D eigenvalue weighted by molar-refractivity contribution is 5.40. The third-order valence-electron chi connectivity index (χ3n) is 4.83. The smallest absolute Gasteiger partial charge is 0.240 e. The summed E-state index contributed by atoms with van der Waals surface area (Å²) in [6.07, 6.45) is 3.07. The Bertz CT molecular complexity index is 926. The summed E-state index contributed by atoms with van der Waals surface area (Å²) in [5.74, 6) is 2.46. The lowest BCUT2D eigenvalue weighted by Gasteiger charge is -2.14. The molecule has 1 aliphatic heterocycles. The molecule has 0 radical (unpaired) electrons. The van der Waals surface area contributed by atoms with Gasteiger partial charge in [0.15, 0.2) is 11.5 Å². The molecule has 0 bridgehead atoms. The zero-order valence-electron chi connectivity index (χ0n) is 16.3. The number of nitrogens with zero attached hydrogens (tertiary/aromatic N) is 6. The van der Waals surface area contributed by atoms with Crippen molar-refractivity contribution < 1.29 is 9.26 Å². The molecule has 8 heteroatoms. The summed E-state index contributed by atoms with van der Waals surface area (Å²) in [4.78, 5) is 11.2. The molecule has 1 atom stereocenters. The van der Waals surface area contributed by atoms with Gasteiger partial charge in [-0.25, -0.2) is 9.50 Å². The highest BCUT2D eigenvalue weighted by Gasteiger charge is 2.25. The Kier molecular flexibility index (Phi) is 4.59. The lowest BCUT2D eigenvalue weighted by atomic mass is 9.93. The summed E-state index contributed by atoms with van der Waals surface area (Å²) in [7, 11) is 0. The van der Waals surface area contributed by atoms with Crippen LogP contribution in [0.3, 0.4) is 0 Å². The molecule has 8 nitrogen and oxygen atoms in total. The van der Waals surface area contributed by atoms with Crippen LogP contribution in [0, 0.1) is 12.8 Å². The van der Waals surface area contributed by atoms with Gasteiger partial charge in [0.1, 0.15) is 0 Å². The van der Waals surface area contributed by atoms with Gasteiger partial charge in [-0.2, -0.15) is 4.98 Å². The Morgan fingerprint density at radius 1 is 1.26 bits per heavy atom. The van der Waals surface area contributed by atoms with Crippen LogP contribution in [0.5, 0.6) is 5.88 Å². The van der Waals surface area contributed by atoms with Crippen LogP contribution in [-0.2, 0) is 12.0 Å². The van der Waals surface area contributed by atoms with Gasteiger partial charge in [-0.3, -0.25) is 4.90 Å². The molecule has 144 valence electrons. The number of imidazole rings is 1. The predicted molar refractivity (Wildman–Crippen MR) is 99.6 cm³/mol. The molecule has 1 fully saturated rings. The third-order valence-corrected chi connectivity index (χ3v) is 4.83. The first kappa shape index (κ1) is 17.9. The number of fused-ring (bicyclic) bond motifs is 1. The quantitative estimate of drug-likeness (QED) is 0.683. The average Bonchev–Trinajstić information content (AvgIpc) is 3.32. The molecule has 1 unspecified atom stereocenters. The van der Waals surface area contributed by atoms with Gasteiger partial charge in [0.25, 0.3) is 0 Å². The van der Waals surface area contributed by atoms with Gasteiger partial charge in [-0.05, 0) is 26.0 Å². The molecule has 4 heterocycles. The minimum absolute atomic E-state index is 0.00106. The number of aromatic nitrogens is 5. The lowest BCUT2D eigenvalue weighted by Crippen LogP contribution is -2.22. The normalized spacial score (nSPS) is 18.4. The number of likely N-dealkylation sites (tertiary alicyclic amines) is 1. The summed E-state index contributed by atoms with van der Waals surface area (Å²) in [5, 5.41) is 8.39. The molecule has 27 heavy (non-hydrogen) atoms. The topological polar surface area (TPSA) is 81.6 Å². The molecule has 1 aliphatic rings. The minimum atomic E-state index is -0.00106. The van der Waals surface area contributed by atoms with E-state index >= 15 is 0 Å². The van der Waals surface area contributed by atoms with E-state index in [0.29, 0.717) is 36.7 Å².